The van der Waals surface area contributed by atoms with Crippen LogP contribution in [-0.4, -0.2) is 15.0 Å². The van der Waals surface area contributed by atoms with Crippen LogP contribution in [0.5, 0.6) is 0 Å². The molecule has 0 saturated carbocycles. The highest BCUT2D eigenvalue weighted by Gasteiger charge is 2.05. The summed E-state index contributed by atoms with van der Waals surface area (Å²) >= 11 is 1.15. The standard InChI is InChI=1S/C11H9N5OS/c1-2-7-9(13)18-10(15-7)6(5-12)8-3-4-14-11(17)16-8/h2-4,13,15H,1H3,(H,14,16,17)/b7-2?,10-6+,13-9?. The van der Waals surface area contributed by atoms with Crippen LogP contribution in [0.4, 0.5) is 0 Å². The van der Waals surface area contributed by atoms with Crippen molar-refractivity contribution in [3.63, 3.8) is 0 Å². The number of nitriles is 1. The van der Waals surface area contributed by atoms with Crippen LogP contribution >= 0.6 is 11.3 Å². The van der Waals surface area contributed by atoms with Crippen LogP contribution < -0.4 is 20.4 Å². The Morgan fingerprint density at radius 2 is 2.39 bits per heavy atom. The molecule has 0 radical (unpaired) electrons. The van der Waals surface area contributed by atoms with E-state index in [1.165, 1.54) is 6.20 Å². The molecule has 0 saturated heterocycles. The van der Waals surface area contributed by atoms with Crippen molar-refractivity contribution in [1.29, 1.82) is 10.7 Å². The highest BCUT2D eigenvalue weighted by Crippen LogP contribution is 2.02. The van der Waals surface area contributed by atoms with Crippen LogP contribution in [0.2, 0.25) is 0 Å². The third kappa shape index (κ3) is 2.14. The normalized spacial score (nSPS) is 13.2. The molecule has 2 rings (SSSR count). The molecule has 0 atom stereocenters. The lowest BCUT2D eigenvalue weighted by Crippen LogP contribution is -2.20. The third-order valence-corrected chi connectivity index (χ3v) is 3.20. The first-order chi connectivity index (χ1) is 8.65. The van der Waals surface area contributed by atoms with Gasteiger partial charge in [0, 0.05) is 6.20 Å². The van der Waals surface area contributed by atoms with Crippen LogP contribution in [0.25, 0.3) is 11.6 Å². The molecule has 0 aromatic carbocycles. The number of nitrogens with zero attached hydrogens (tertiary/aromatic N) is 2. The van der Waals surface area contributed by atoms with Gasteiger partial charge in [0.25, 0.3) is 0 Å². The fourth-order valence-corrected chi connectivity index (χ4v) is 2.33. The van der Waals surface area contributed by atoms with Gasteiger partial charge in [-0.25, -0.2) is 9.78 Å². The molecule has 7 heteroatoms. The minimum atomic E-state index is -0.509. The molecule has 0 fully saturated rings. The van der Waals surface area contributed by atoms with Gasteiger partial charge in [0.2, 0.25) is 0 Å². The molecular formula is C11H9N5OS. The monoisotopic (exact) mass is 259 g/mol. The summed E-state index contributed by atoms with van der Waals surface area (Å²) in [4.78, 5) is 20.1. The molecule has 2 heterocycles. The summed E-state index contributed by atoms with van der Waals surface area (Å²) < 4.78 is 0.883. The molecule has 0 aliphatic carbocycles. The lowest BCUT2D eigenvalue weighted by Gasteiger charge is -1.95. The highest BCUT2D eigenvalue weighted by molar-refractivity contribution is 7.07. The van der Waals surface area contributed by atoms with Crippen LogP contribution in [0.3, 0.4) is 0 Å². The zero-order valence-electron chi connectivity index (χ0n) is 9.44. The Morgan fingerprint density at radius 1 is 1.61 bits per heavy atom. The van der Waals surface area contributed by atoms with Crippen molar-refractivity contribution >= 4 is 23.0 Å². The zero-order chi connectivity index (χ0) is 13.1. The first-order valence-corrected chi connectivity index (χ1v) is 5.87. The van der Waals surface area contributed by atoms with E-state index in [1.807, 2.05) is 6.07 Å². The van der Waals surface area contributed by atoms with Crippen molar-refractivity contribution in [2.75, 3.05) is 0 Å². The largest absolute Gasteiger partial charge is 0.345 e. The maximum absolute atomic E-state index is 11.1. The van der Waals surface area contributed by atoms with E-state index in [0.717, 1.165) is 11.3 Å². The fourth-order valence-electron chi connectivity index (χ4n) is 1.43. The van der Waals surface area contributed by atoms with Crippen molar-refractivity contribution in [3.8, 4) is 6.07 Å². The zero-order valence-corrected chi connectivity index (χ0v) is 10.3. The van der Waals surface area contributed by atoms with E-state index in [1.54, 1.807) is 19.1 Å². The lowest BCUT2D eigenvalue weighted by atomic mass is 10.2. The summed E-state index contributed by atoms with van der Waals surface area (Å²) in [6.07, 6.45) is 3.10. The van der Waals surface area contributed by atoms with E-state index in [-0.39, 0.29) is 0 Å². The Bertz CT molecular complexity index is 849. The van der Waals surface area contributed by atoms with Gasteiger partial charge in [-0.05, 0) is 13.0 Å². The summed E-state index contributed by atoms with van der Waals surface area (Å²) in [6.45, 7) is 1.81. The van der Waals surface area contributed by atoms with Crippen LogP contribution in [0.15, 0.2) is 17.1 Å². The molecular weight excluding hydrogens is 250 g/mol. The molecule has 18 heavy (non-hydrogen) atoms. The van der Waals surface area contributed by atoms with E-state index < -0.39 is 5.69 Å². The van der Waals surface area contributed by atoms with Gasteiger partial charge in [-0.3, -0.25) is 5.41 Å². The number of aromatic nitrogens is 3. The SMILES string of the molecule is CC=c1[nH]/c(=C(/C#N)c2ccnc(=O)[nH]2)sc1=N. The molecule has 2 aromatic heterocycles. The van der Waals surface area contributed by atoms with E-state index in [2.05, 4.69) is 15.0 Å². The molecule has 0 aliphatic heterocycles. The smallest absolute Gasteiger partial charge is 0.344 e. The number of H-pyrrole nitrogens is 2. The molecule has 0 unspecified atom stereocenters. The maximum Gasteiger partial charge on any atom is 0.345 e. The van der Waals surface area contributed by atoms with E-state index in [9.17, 15) is 10.1 Å². The van der Waals surface area contributed by atoms with Gasteiger partial charge in [-0.15, -0.1) is 0 Å². The minimum absolute atomic E-state index is 0.293. The van der Waals surface area contributed by atoms with Crippen molar-refractivity contribution in [2.24, 2.45) is 0 Å². The predicted molar refractivity (Wildman–Crippen MR) is 66.9 cm³/mol. The Labute approximate surface area is 105 Å². The Kier molecular flexibility index (Phi) is 3.21. The Morgan fingerprint density at radius 3 is 2.94 bits per heavy atom. The number of thiazole rings is 1. The van der Waals surface area contributed by atoms with E-state index in [0.29, 0.717) is 25.9 Å². The maximum atomic E-state index is 11.1. The average molecular weight is 259 g/mol. The van der Waals surface area contributed by atoms with Gasteiger partial charge in [0.1, 0.15) is 21.0 Å². The number of rotatable bonds is 1. The third-order valence-electron chi connectivity index (χ3n) is 2.27. The van der Waals surface area contributed by atoms with Crippen molar-refractivity contribution in [2.45, 2.75) is 6.92 Å². The number of hydrogen-bond acceptors (Lipinski definition) is 5. The van der Waals surface area contributed by atoms with Crippen LogP contribution in [0, 0.1) is 16.7 Å². The molecule has 0 bridgehead atoms. The second-order valence-electron chi connectivity index (χ2n) is 3.36. The molecule has 0 amide bonds. The molecule has 0 aliphatic rings. The lowest BCUT2D eigenvalue weighted by molar-refractivity contribution is 1.05. The second kappa shape index (κ2) is 4.81. The highest BCUT2D eigenvalue weighted by atomic mass is 32.1. The first kappa shape index (κ1) is 12.0. The van der Waals surface area contributed by atoms with Crippen molar-refractivity contribution in [1.82, 2.24) is 15.0 Å². The second-order valence-corrected chi connectivity index (χ2v) is 4.38. The van der Waals surface area contributed by atoms with Gasteiger partial charge in [-0.1, -0.05) is 17.4 Å². The number of nitrogens with one attached hydrogen (secondary N) is 3. The summed E-state index contributed by atoms with van der Waals surface area (Å²) in [5.74, 6) is 0. The fraction of sp³-hybridized carbons (Fsp3) is 0.0909. The van der Waals surface area contributed by atoms with Gasteiger partial charge in [-0.2, -0.15) is 5.26 Å². The number of aromatic amines is 2. The minimum Gasteiger partial charge on any atom is -0.344 e. The summed E-state index contributed by atoms with van der Waals surface area (Å²) in [6, 6.07) is 3.58. The number of hydrogen-bond donors (Lipinski definition) is 3. The summed E-state index contributed by atoms with van der Waals surface area (Å²) in [7, 11) is 0. The molecule has 2 aromatic rings. The van der Waals surface area contributed by atoms with Crippen molar-refractivity contribution < 1.29 is 0 Å². The molecule has 90 valence electrons. The van der Waals surface area contributed by atoms with Crippen LogP contribution in [-0.2, 0) is 0 Å². The van der Waals surface area contributed by atoms with Gasteiger partial charge >= 0.3 is 5.69 Å². The molecule has 6 nitrogen and oxygen atoms in total. The summed E-state index contributed by atoms with van der Waals surface area (Å²) in [5, 5.41) is 17.5. The van der Waals surface area contributed by atoms with Gasteiger partial charge < -0.3 is 9.97 Å². The Hall–Kier alpha value is -2.46. The first-order valence-electron chi connectivity index (χ1n) is 5.06. The Balaban J connectivity index is 2.84. The molecule has 3 N–H and O–H groups in total. The van der Waals surface area contributed by atoms with E-state index >= 15 is 0 Å². The quantitative estimate of drug-likeness (QED) is 0.621. The predicted octanol–water partition coefficient (Wildman–Crippen LogP) is -0.838. The average Bonchev–Trinajstić information content (AvgIpc) is 2.71. The van der Waals surface area contributed by atoms with E-state index in [4.69, 9.17) is 5.41 Å². The summed E-state index contributed by atoms with van der Waals surface area (Å²) in [5.41, 5.74) is 0.170. The topological polar surface area (TPSA) is 109 Å². The molecule has 0 spiro atoms. The van der Waals surface area contributed by atoms with Crippen LogP contribution in [0.1, 0.15) is 12.6 Å². The van der Waals surface area contributed by atoms with Gasteiger partial charge in [0.05, 0.1) is 11.0 Å². The van der Waals surface area contributed by atoms with Crippen molar-refractivity contribution in [3.05, 3.63) is 43.1 Å². The van der Waals surface area contributed by atoms with Gasteiger partial charge in [0.15, 0.2) is 0 Å².